The number of amides is 1. The lowest BCUT2D eigenvalue weighted by molar-refractivity contribution is -0.138. The Bertz CT molecular complexity index is 976. The van der Waals surface area contributed by atoms with Crippen LogP contribution in [0, 0.1) is 0 Å². The first-order chi connectivity index (χ1) is 12.6. The zero-order chi connectivity index (χ0) is 19.8. The Morgan fingerprint density at radius 2 is 1.74 bits per heavy atom. The lowest BCUT2D eigenvalue weighted by Gasteiger charge is -2.16. The summed E-state index contributed by atoms with van der Waals surface area (Å²) in [6, 6.07) is 8.70. The van der Waals surface area contributed by atoms with Crippen LogP contribution in [0.3, 0.4) is 0 Å². The van der Waals surface area contributed by atoms with Gasteiger partial charge in [-0.25, -0.2) is 8.42 Å². The first-order valence-electron chi connectivity index (χ1n) is 7.88. The lowest BCUT2D eigenvalue weighted by Crippen LogP contribution is -2.23. The number of alkyl halides is 3. The monoisotopic (exact) mass is 462 g/mol. The molecular formula is C17H14BrF3N2O3S. The van der Waals surface area contributed by atoms with Crippen LogP contribution in [0.4, 0.5) is 24.5 Å². The maximum absolute atomic E-state index is 13.0. The molecule has 0 aromatic heterocycles. The highest BCUT2D eigenvalue weighted by Gasteiger charge is 2.33. The molecule has 2 aromatic carbocycles. The van der Waals surface area contributed by atoms with Crippen molar-refractivity contribution in [2.45, 2.75) is 23.9 Å². The van der Waals surface area contributed by atoms with E-state index in [1.807, 2.05) is 0 Å². The van der Waals surface area contributed by atoms with Crippen LogP contribution < -0.4 is 9.62 Å². The van der Waals surface area contributed by atoms with Gasteiger partial charge in [0.15, 0.2) is 0 Å². The van der Waals surface area contributed by atoms with E-state index in [1.54, 1.807) is 4.90 Å². The molecule has 0 unspecified atom stereocenters. The molecule has 1 heterocycles. The molecule has 0 spiro atoms. The number of hydrogen-bond acceptors (Lipinski definition) is 3. The molecule has 0 aliphatic carbocycles. The van der Waals surface area contributed by atoms with Gasteiger partial charge in [0.1, 0.15) is 0 Å². The SMILES string of the molecule is O=C1CCCN1c1ccc(S(=O)(=O)Nc2ccc(Br)c(C(F)(F)F)c2)cc1. The summed E-state index contributed by atoms with van der Waals surface area (Å²) in [7, 11) is -4.08. The molecule has 1 fully saturated rings. The van der Waals surface area contributed by atoms with Crippen molar-refractivity contribution < 1.29 is 26.4 Å². The largest absolute Gasteiger partial charge is 0.417 e. The van der Waals surface area contributed by atoms with Gasteiger partial charge in [0, 0.05) is 28.8 Å². The van der Waals surface area contributed by atoms with Crippen molar-refractivity contribution in [1.82, 2.24) is 0 Å². The van der Waals surface area contributed by atoms with E-state index in [4.69, 9.17) is 0 Å². The van der Waals surface area contributed by atoms with Crippen LogP contribution in [0.1, 0.15) is 18.4 Å². The van der Waals surface area contributed by atoms with E-state index >= 15 is 0 Å². The Labute approximate surface area is 162 Å². The van der Waals surface area contributed by atoms with Gasteiger partial charge in [-0.3, -0.25) is 9.52 Å². The van der Waals surface area contributed by atoms with E-state index in [-0.39, 0.29) is 21.0 Å². The third-order valence-corrected chi connectivity index (χ3v) is 6.14. The van der Waals surface area contributed by atoms with Crippen LogP contribution in [0.15, 0.2) is 51.8 Å². The summed E-state index contributed by atoms with van der Waals surface area (Å²) in [6.07, 6.45) is -3.43. The second-order valence-electron chi connectivity index (χ2n) is 5.94. The predicted molar refractivity (Wildman–Crippen MR) is 98.0 cm³/mol. The molecule has 10 heteroatoms. The fourth-order valence-electron chi connectivity index (χ4n) is 2.75. The number of sulfonamides is 1. The topological polar surface area (TPSA) is 66.5 Å². The maximum atomic E-state index is 13.0. The number of rotatable bonds is 4. The van der Waals surface area contributed by atoms with Crippen LogP contribution in [0.5, 0.6) is 0 Å². The molecule has 5 nitrogen and oxygen atoms in total. The molecule has 27 heavy (non-hydrogen) atoms. The molecule has 0 atom stereocenters. The zero-order valence-electron chi connectivity index (χ0n) is 13.8. The molecule has 0 radical (unpaired) electrons. The number of halogens is 4. The molecule has 1 N–H and O–H groups in total. The highest BCUT2D eigenvalue weighted by molar-refractivity contribution is 9.10. The standard InChI is InChI=1S/C17H14BrF3N2O3S/c18-15-8-3-11(10-14(15)17(19,20)21)22-27(25,26)13-6-4-12(5-7-13)23-9-1-2-16(23)24/h3-8,10,22H,1-2,9H2. The van der Waals surface area contributed by atoms with Gasteiger partial charge >= 0.3 is 6.18 Å². The number of carbonyl (C=O) groups is 1. The minimum absolute atomic E-state index is 0.0294. The van der Waals surface area contributed by atoms with Crippen molar-refractivity contribution in [2.24, 2.45) is 0 Å². The van der Waals surface area contributed by atoms with Gasteiger partial charge in [0.05, 0.1) is 10.5 Å². The van der Waals surface area contributed by atoms with Crippen molar-refractivity contribution in [2.75, 3.05) is 16.2 Å². The normalized spacial score (nSPS) is 15.3. The van der Waals surface area contributed by atoms with Gasteiger partial charge in [-0.1, -0.05) is 15.9 Å². The minimum Gasteiger partial charge on any atom is -0.312 e. The molecule has 1 amide bonds. The summed E-state index contributed by atoms with van der Waals surface area (Å²) in [6.45, 7) is 0.572. The van der Waals surface area contributed by atoms with Crippen LogP contribution in [-0.2, 0) is 21.0 Å². The maximum Gasteiger partial charge on any atom is 0.417 e. The van der Waals surface area contributed by atoms with Crippen LogP contribution in [-0.4, -0.2) is 20.9 Å². The minimum atomic E-state index is -4.62. The quantitative estimate of drug-likeness (QED) is 0.732. The summed E-state index contributed by atoms with van der Waals surface area (Å²) in [5.74, 6) is -0.0294. The van der Waals surface area contributed by atoms with Crippen molar-refractivity contribution >= 4 is 43.2 Å². The van der Waals surface area contributed by atoms with Gasteiger partial charge in [-0.05, 0) is 48.9 Å². The molecule has 3 rings (SSSR count). The van der Waals surface area contributed by atoms with E-state index in [0.29, 0.717) is 18.7 Å². The Hall–Kier alpha value is -2.07. The first-order valence-corrected chi connectivity index (χ1v) is 10.2. The summed E-state index contributed by atoms with van der Waals surface area (Å²) < 4.78 is 65.8. The molecule has 0 saturated carbocycles. The number of carbonyl (C=O) groups excluding carboxylic acids is 1. The van der Waals surface area contributed by atoms with Crippen molar-refractivity contribution in [1.29, 1.82) is 0 Å². The second kappa shape index (κ2) is 7.16. The third-order valence-electron chi connectivity index (χ3n) is 4.06. The van der Waals surface area contributed by atoms with Gasteiger partial charge < -0.3 is 4.90 Å². The lowest BCUT2D eigenvalue weighted by atomic mass is 10.2. The van der Waals surface area contributed by atoms with Gasteiger partial charge in [0.2, 0.25) is 5.91 Å². The van der Waals surface area contributed by atoms with Crippen LogP contribution >= 0.6 is 15.9 Å². The van der Waals surface area contributed by atoms with Crippen molar-refractivity contribution in [3.63, 3.8) is 0 Å². The molecule has 1 aliphatic rings. The van der Waals surface area contributed by atoms with Gasteiger partial charge in [-0.2, -0.15) is 13.2 Å². The Balaban J connectivity index is 1.84. The van der Waals surface area contributed by atoms with E-state index in [2.05, 4.69) is 20.7 Å². The molecular weight excluding hydrogens is 449 g/mol. The van der Waals surface area contributed by atoms with Crippen molar-refractivity contribution in [3.8, 4) is 0 Å². The van der Waals surface area contributed by atoms with E-state index in [9.17, 15) is 26.4 Å². The first kappa shape index (κ1) is 19.7. The molecule has 1 aliphatic heterocycles. The van der Waals surface area contributed by atoms with Crippen molar-refractivity contribution in [3.05, 3.63) is 52.5 Å². The Morgan fingerprint density at radius 3 is 2.30 bits per heavy atom. The number of benzene rings is 2. The van der Waals surface area contributed by atoms with Gasteiger partial charge in [-0.15, -0.1) is 0 Å². The van der Waals surface area contributed by atoms with E-state index in [0.717, 1.165) is 18.6 Å². The smallest absolute Gasteiger partial charge is 0.312 e. The Kier molecular flexibility index (Phi) is 5.22. The number of nitrogens with zero attached hydrogens (tertiary/aromatic N) is 1. The fourth-order valence-corrected chi connectivity index (χ4v) is 4.27. The summed E-state index contributed by atoms with van der Waals surface area (Å²) in [5, 5.41) is 0. The summed E-state index contributed by atoms with van der Waals surface area (Å²) in [5.41, 5.74) is -0.602. The third kappa shape index (κ3) is 4.27. The number of hydrogen-bond donors (Lipinski definition) is 1. The van der Waals surface area contributed by atoms with E-state index in [1.165, 1.54) is 30.3 Å². The Morgan fingerprint density at radius 1 is 1.07 bits per heavy atom. The highest BCUT2D eigenvalue weighted by Crippen LogP contribution is 2.36. The average molecular weight is 463 g/mol. The highest BCUT2D eigenvalue weighted by atomic mass is 79.9. The molecule has 144 valence electrons. The molecule has 0 bridgehead atoms. The summed E-state index contributed by atoms with van der Waals surface area (Å²) in [4.78, 5) is 13.2. The van der Waals surface area contributed by atoms with Crippen LogP contribution in [0.25, 0.3) is 0 Å². The van der Waals surface area contributed by atoms with Crippen LogP contribution in [0.2, 0.25) is 0 Å². The predicted octanol–water partition coefficient (Wildman–Crippen LogP) is 4.40. The average Bonchev–Trinajstić information content (AvgIpc) is 3.01. The number of nitrogens with one attached hydrogen (secondary N) is 1. The molecule has 2 aromatic rings. The molecule has 1 saturated heterocycles. The van der Waals surface area contributed by atoms with Gasteiger partial charge in [0.25, 0.3) is 10.0 Å². The summed E-state index contributed by atoms with van der Waals surface area (Å²) >= 11 is 2.81. The number of anilines is 2. The second-order valence-corrected chi connectivity index (χ2v) is 8.48. The fraction of sp³-hybridized carbons (Fsp3) is 0.235. The zero-order valence-corrected chi connectivity index (χ0v) is 16.2. The van der Waals surface area contributed by atoms with E-state index < -0.39 is 21.8 Å².